The molecule has 1 aliphatic heterocycles. The number of hydrogen-bond donors (Lipinski definition) is 3. The summed E-state index contributed by atoms with van der Waals surface area (Å²) in [5, 5.41) is 2.32. The summed E-state index contributed by atoms with van der Waals surface area (Å²) < 4.78 is 0. The zero-order valence-corrected chi connectivity index (χ0v) is 9.63. The van der Waals surface area contributed by atoms with Crippen LogP contribution in [-0.2, 0) is 0 Å². The molecule has 5 nitrogen and oxygen atoms in total. The van der Waals surface area contributed by atoms with Crippen LogP contribution in [0, 0.1) is 0 Å². The van der Waals surface area contributed by atoms with E-state index in [-0.39, 0.29) is 5.96 Å². The van der Waals surface area contributed by atoms with Crippen molar-refractivity contribution in [3.63, 3.8) is 0 Å². The van der Waals surface area contributed by atoms with Crippen LogP contribution in [0.1, 0.15) is 0 Å². The third-order valence-corrected chi connectivity index (χ3v) is 2.80. The molecule has 16 heavy (non-hydrogen) atoms. The average Bonchev–Trinajstić information content (AvgIpc) is 2.23. The number of guanidine groups is 1. The summed E-state index contributed by atoms with van der Waals surface area (Å²) in [5.41, 5.74) is 14.7. The van der Waals surface area contributed by atoms with Gasteiger partial charge in [0, 0.05) is 0 Å². The molecule has 0 aromatic heterocycles. The first kappa shape index (κ1) is 10.9. The molecule has 1 aromatic rings. The lowest BCUT2D eigenvalue weighted by Crippen LogP contribution is -2.47. The van der Waals surface area contributed by atoms with E-state index in [9.17, 15) is 0 Å². The molecule has 0 fully saturated rings. The van der Waals surface area contributed by atoms with E-state index < -0.39 is 0 Å². The van der Waals surface area contributed by atoms with Crippen molar-refractivity contribution < 1.29 is 0 Å². The molecule has 0 radical (unpaired) electrons. The predicted molar refractivity (Wildman–Crippen MR) is 66.0 cm³/mol. The molecule has 0 bridgehead atoms. The van der Waals surface area contributed by atoms with Crippen molar-refractivity contribution >= 4 is 34.8 Å². The summed E-state index contributed by atoms with van der Waals surface area (Å²) in [6.07, 6.45) is 1.51. The molecule has 0 saturated carbocycles. The molecule has 84 valence electrons. The lowest BCUT2D eigenvalue weighted by Gasteiger charge is -2.26. The van der Waals surface area contributed by atoms with Gasteiger partial charge >= 0.3 is 0 Å². The van der Waals surface area contributed by atoms with E-state index in [0.717, 1.165) is 0 Å². The molecule has 0 atom stereocenters. The first-order chi connectivity index (χ1) is 7.59. The number of nitrogens with one attached hydrogen (secondary N) is 1. The minimum atomic E-state index is 0.198. The van der Waals surface area contributed by atoms with Crippen molar-refractivity contribution in [2.75, 3.05) is 5.01 Å². The maximum atomic E-state index is 6.05. The number of hydrazine groups is 1. The van der Waals surface area contributed by atoms with Crippen LogP contribution in [0.2, 0.25) is 10.0 Å². The van der Waals surface area contributed by atoms with Crippen LogP contribution in [0.15, 0.2) is 35.2 Å². The highest BCUT2D eigenvalue weighted by atomic mass is 35.5. The Balaban J connectivity index is 2.40. The van der Waals surface area contributed by atoms with E-state index in [1.165, 1.54) is 11.2 Å². The normalized spacial score (nSPS) is 15.2. The third-order valence-electron chi connectivity index (χ3n) is 1.99. The molecule has 0 amide bonds. The molecule has 0 unspecified atom stereocenters. The van der Waals surface area contributed by atoms with E-state index in [2.05, 4.69) is 10.4 Å². The average molecular weight is 258 g/mol. The van der Waals surface area contributed by atoms with E-state index >= 15 is 0 Å². The minimum absolute atomic E-state index is 0.198. The summed E-state index contributed by atoms with van der Waals surface area (Å²) in [6, 6.07) is 5.22. The maximum absolute atomic E-state index is 6.05. The summed E-state index contributed by atoms with van der Waals surface area (Å²) in [4.78, 5) is 3.91. The van der Waals surface area contributed by atoms with Crippen molar-refractivity contribution in [2.24, 2.45) is 16.5 Å². The second kappa shape index (κ2) is 4.11. The fourth-order valence-corrected chi connectivity index (χ4v) is 1.65. The zero-order chi connectivity index (χ0) is 11.7. The van der Waals surface area contributed by atoms with Crippen LogP contribution in [-0.4, -0.2) is 5.96 Å². The molecule has 5 N–H and O–H groups in total. The van der Waals surface area contributed by atoms with Gasteiger partial charge in [0.1, 0.15) is 5.82 Å². The number of nitrogens with two attached hydrogens (primary N) is 2. The topological polar surface area (TPSA) is 79.7 Å². The van der Waals surface area contributed by atoms with Crippen LogP contribution in [0.5, 0.6) is 0 Å². The smallest absolute Gasteiger partial charge is 0.221 e. The van der Waals surface area contributed by atoms with Crippen molar-refractivity contribution in [1.29, 1.82) is 0 Å². The molecule has 7 heteroatoms. The van der Waals surface area contributed by atoms with Gasteiger partial charge < -0.3 is 11.5 Å². The lowest BCUT2D eigenvalue weighted by molar-refractivity contribution is 0.859. The first-order valence-corrected chi connectivity index (χ1v) is 5.15. The van der Waals surface area contributed by atoms with E-state index in [4.69, 9.17) is 34.7 Å². The Morgan fingerprint density at radius 3 is 2.69 bits per heavy atom. The minimum Gasteiger partial charge on any atom is -0.382 e. The van der Waals surface area contributed by atoms with Crippen LogP contribution in [0.4, 0.5) is 5.69 Å². The number of benzene rings is 1. The molecule has 1 aliphatic rings. The second-order valence-electron chi connectivity index (χ2n) is 3.08. The SMILES string of the molecule is NC1=CNN(c2cccc(Cl)c2Cl)C(N)=N1. The van der Waals surface area contributed by atoms with Crippen LogP contribution >= 0.6 is 23.2 Å². The number of anilines is 1. The highest BCUT2D eigenvalue weighted by molar-refractivity contribution is 6.44. The van der Waals surface area contributed by atoms with Crippen LogP contribution in [0.3, 0.4) is 0 Å². The van der Waals surface area contributed by atoms with Crippen molar-refractivity contribution in [1.82, 2.24) is 5.43 Å². The van der Waals surface area contributed by atoms with Crippen LogP contribution < -0.4 is 21.9 Å². The maximum Gasteiger partial charge on any atom is 0.221 e. The highest BCUT2D eigenvalue weighted by Gasteiger charge is 2.17. The van der Waals surface area contributed by atoms with Crippen molar-refractivity contribution in [3.8, 4) is 0 Å². The summed E-state index contributed by atoms with van der Waals surface area (Å²) >= 11 is 12.0. The van der Waals surface area contributed by atoms with Gasteiger partial charge in [0.25, 0.3) is 0 Å². The van der Waals surface area contributed by atoms with Gasteiger partial charge in [-0.1, -0.05) is 29.3 Å². The summed E-state index contributed by atoms with van der Waals surface area (Å²) in [5.74, 6) is 0.496. The molecular weight excluding hydrogens is 249 g/mol. The van der Waals surface area contributed by atoms with E-state index in [0.29, 0.717) is 21.6 Å². The number of nitrogens with zero attached hydrogens (tertiary/aromatic N) is 2. The molecule has 1 heterocycles. The fourth-order valence-electron chi connectivity index (χ4n) is 1.27. The van der Waals surface area contributed by atoms with Crippen LogP contribution in [0.25, 0.3) is 0 Å². The third kappa shape index (κ3) is 1.87. The molecular formula is C9H9Cl2N5. The van der Waals surface area contributed by atoms with Crippen molar-refractivity contribution in [3.05, 3.63) is 40.3 Å². The van der Waals surface area contributed by atoms with Gasteiger partial charge in [-0.3, -0.25) is 5.43 Å². The molecule has 2 rings (SSSR count). The Morgan fingerprint density at radius 2 is 2.00 bits per heavy atom. The van der Waals surface area contributed by atoms with Crippen molar-refractivity contribution in [2.45, 2.75) is 0 Å². The van der Waals surface area contributed by atoms with Gasteiger partial charge in [-0.25, -0.2) is 5.01 Å². The monoisotopic (exact) mass is 257 g/mol. The Bertz CT molecular complexity index is 483. The van der Waals surface area contributed by atoms with E-state index in [1.54, 1.807) is 18.2 Å². The predicted octanol–water partition coefficient (Wildman–Crippen LogP) is 1.39. The van der Waals surface area contributed by atoms with Gasteiger partial charge in [0.05, 0.1) is 21.9 Å². The lowest BCUT2D eigenvalue weighted by atomic mass is 10.3. The number of hydrogen-bond acceptors (Lipinski definition) is 5. The van der Waals surface area contributed by atoms with E-state index in [1.807, 2.05) is 0 Å². The summed E-state index contributed by atoms with van der Waals surface area (Å²) in [7, 11) is 0. The fraction of sp³-hybridized carbons (Fsp3) is 0. The first-order valence-electron chi connectivity index (χ1n) is 4.39. The molecule has 0 aliphatic carbocycles. The Kier molecular flexibility index (Phi) is 2.80. The van der Waals surface area contributed by atoms with Gasteiger partial charge in [-0.2, -0.15) is 4.99 Å². The van der Waals surface area contributed by atoms with Gasteiger partial charge in [-0.05, 0) is 12.1 Å². The largest absolute Gasteiger partial charge is 0.382 e. The van der Waals surface area contributed by atoms with Gasteiger partial charge in [-0.15, -0.1) is 0 Å². The van der Waals surface area contributed by atoms with Gasteiger partial charge in [0.15, 0.2) is 0 Å². The standard InChI is InChI=1S/C9H9Cl2N5/c10-5-2-1-3-6(8(5)11)16-9(13)15-7(12)4-14-16/h1-4,14H,12H2,(H2,13,15). The summed E-state index contributed by atoms with van der Waals surface area (Å²) in [6.45, 7) is 0. The quantitative estimate of drug-likeness (QED) is 0.711. The zero-order valence-electron chi connectivity index (χ0n) is 8.11. The Morgan fingerprint density at radius 1 is 1.25 bits per heavy atom. The van der Waals surface area contributed by atoms with Gasteiger partial charge in [0.2, 0.25) is 5.96 Å². The number of aliphatic imine (C=N–C) groups is 1. The number of halogens is 2. The Hall–Kier alpha value is -1.59. The highest BCUT2D eigenvalue weighted by Crippen LogP contribution is 2.31. The Labute approximate surface area is 102 Å². The second-order valence-corrected chi connectivity index (χ2v) is 3.86. The molecule has 0 spiro atoms. The molecule has 1 aromatic carbocycles. The molecule has 0 saturated heterocycles. The number of rotatable bonds is 1.